The van der Waals surface area contributed by atoms with Crippen LogP contribution >= 0.6 is 0 Å². The van der Waals surface area contributed by atoms with Crippen LogP contribution in [0.3, 0.4) is 0 Å². The van der Waals surface area contributed by atoms with Crippen LogP contribution in [0.1, 0.15) is 26.3 Å². The number of alkyl carbamates (subject to hydrolysis) is 2. The number of aliphatic hydroxyl groups is 2. The lowest BCUT2D eigenvalue weighted by Gasteiger charge is -2.21. The highest BCUT2D eigenvalue weighted by Crippen LogP contribution is 2.06. The summed E-state index contributed by atoms with van der Waals surface area (Å²) in [6, 6.07) is 9.26. The molecular formula is C19H31N3O6. The fourth-order valence-corrected chi connectivity index (χ4v) is 2.05. The zero-order valence-corrected chi connectivity index (χ0v) is 16.6. The molecule has 9 heteroatoms. The molecule has 1 rings (SSSR count). The van der Waals surface area contributed by atoms with Gasteiger partial charge in [0.25, 0.3) is 0 Å². The molecule has 0 aliphatic carbocycles. The Balaban J connectivity index is 2.08. The second-order valence-corrected chi connectivity index (χ2v) is 7.29. The molecular weight excluding hydrogens is 366 g/mol. The molecule has 1 aromatic carbocycles. The number of benzene rings is 1. The molecule has 0 heterocycles. The lowest BCUT2D eigenvalue weighted by atomic mass is 10.2. The van der Waals surface area contributed by atoms with E-state index in [9.17, 15) is 19.8 Å². The fraction of sp³-hybridized carbons (Fsp3) is 0.579. The van der Waals surface area contributed by atoms with Crippen molar-refractivity contribution in [2.45, 2.75) is 45.2 Å². The van der Waals surface area contributed by atoms with Gasteiger partial charge < -0.3 is 35.6 Å². The molecule has 0 radical (unpaired) electrons. The van der Waals surface area contributed by atoms with Crippen molar-refractivity contribution in [1.29, 1.82) is 0 Å². The van der Waals surface area contributed by atoms with Crippen LogP contribution in [0.4, 0.5) is 9.59 Å². The van der Waals surface area contributed by atoms with Crippen molar-refractivity contribution < 1.29 is 29.3 Å². The van der Waals surface area contributed by atoms with Gasteiger partial charge >= 0.3 is 12.2 Å². The third-order valence-electron chi connectivity index (χ3n) is 3.34. The molecule has 158 valence electrons. The minimum atomic E-state index is -0.852. The quantitative estimate of drug-likeness (QED) is 0.394. The molecule has 0 aliphatic rings. The van der Waals surface area contributed by atoms with Gasteiger partial charge in [-0.2, -0.15) is 0 Å². The topological polar surface area (TPSA) is 129 Å². The largest absolute Gasteiger partial charge is 0.445 e. The number of ether oxygens (including phenoxy) is 2. The van der Waals surface area contributed by atoms with E-state index >= 15 is 0 Å². The van der Waals surface area contributed by atoms with Crippen molar-refractivity contribution in [3.63, 3.8) is 0 Å². The Labute approximate surface area is 165 Å². The number of nitrogens with one attached hydrogen (secondary N) is 3. The van der Waals surface area contributed by atoms with Crippen LogP contribution in [-0.4, -0.2) is 66.4 Å². The first kappa shape index (κ1) is 23.7. The van der Waals surface area contributed by atoms with Gasteiger partial charge in [0, 0.05) is 26.2 Å². The number of carbonyl (C=O) groups excluding carboxylic acids is 2. The molecule has 5 N–H and O–H groups in total. The van der Waals surface area contributed by atoms with Gasteiger partial charge in [0.15, 0.2) is 0 Å². The maximum atomic E-state index is 11.6. The average Bonchev–Trinajstić information content (AvgIpc) is 2.62. The number of amides is 2. The third-order valence-corrected chi connectivity index (χ3v) is 3.34. The van der Waals surface area contributed by atoms with Crippen LogP contribution in [0.25, 0.3) is 0 Å². The van der Waals surface area contributed by atoms with Crippen LogP contribution in [0.2, 0.25) is 0 Å². The fourth-order valence-electron chi connectivity index (χ4n) is 2.05. The summed E-state index contributed by atoms with van der Waals surface area (Å²) in [6.07, 6.45) is -2.92. The standard InChI is InChI=1S/C19H31N3O6/c1-19(2,3)28-18(26)22-12-16(24)10-20-9-15(23)11-21-17(25)27-13-14-7-5-4-6-8-14/h4-8,15-16,20,23-24H,9-13H2,1-3H3,(H,21,25)(H,22,26). The van der Waals surface area contributed by atoms with Gasteiger partial charge in [0.05, 0.1) is 12.2 Å². The first-order chi connectivity index (χ1) is 13.2. The highest BCUT2D eigenvalue weighted by Gasteiger charge is 2.17. The summed E-state index contributed by atoms with van der Waals surface area (Å²) in [5, 5.41) is 27.4. The van der Waals surface area contributed by atoms with Crippen molar-refractivity contribution in [3.05, 3.63) is 35.9 Å². The second kappa shape index (κ2) is 12.2. The summed E-state index contributed by atoms with van der Waals surface area (Å²) < 4.78 is 10.1. The summed E-state index contributed by atoms with van der Waals surface area (Å²) in [4.78, 5) is 23.1. The summed E-state index contributed by atoms with van der Waals surface area (Å²) >= 11 is 0. The van der Waals surface area contributed by atoms with Gasteiger partial charge in [0.2, 0.25) is 0 Å². The molecule has 9 nitrogen and oxygen atoms in total. The lowest BCUT2D eigenvalue weighted by molar-refractivity contribution is 0.0490. The molecule has 0 spiro atoms. The van der Waals surface area contributed by atoms with E-state index in [0.29, 0.717) is 0 Å². The van der Waals surface area contributed by atoms with Gasteiger partial charge in [-0.15, -0.1) is 0 Å². The van der Waals surface area contributed by atoms with Gasteiger partial charge in [-0.1, -0.05) is 30.3 Å². The molecule has 28 heavy (non-hydrogen) atoms. The molecule has 2 unspecified atom stereocenters. The smallest absolute Gasteiger partial charge is 0.407 e. The van der Waals surface area contributed by atoms with E-state index < -0.39 is 30.0 Å². The predicted molar refractivity (Wildman–Crippen MR) is 104 cm³/mol. The molecule has 2 atom stereocenters. The first-order valence-corrected chi connectivity index (χ1v) is 9.14. The van der Waals surface area contributed by atoms with Gasteiger partial charge in [0.1, 0.15) is 12.2 Å². The number of aliphatic hydroxyl groups excluding tert-OH is 2. The molecule has 0 aliphatic heterocycles. The highest BCUT2D eigenvalue weighted by molar-refractivity contribution is 5.67. The highest BCUT2D eigenvalue weighted by atomic mass is 16.6. The van der Waals surface area contributed by atoms with Crippen LogP contribution in [0.5, 0.6) is 0 Å². The molecule has 0 aromatic heterocycles. The Morgan fingerprint density at radius 3 is 2.00 bits per heavy atom. The Morgan fingerprint density at radius 1 is 0.929 bits per heavy atom. The maximum Gasteiger partial charge on any atom is 0.407 e. The molecule has 2 amide bonds. The van der Waals surface area contributed by atoms with Crippen molar-refractivity contribution in [3.8, 4) is 0 Å². The minimum absolute atomic E-state index is 0.00682. The second-order valence-electron chi connectivity index (χ2n) is 7.29. The Hall–Kier alpha value is -2.36. The van der Waals surface area contributed by atoms with E-state index in [1.165, 1.54) is 0 Å². The van der Waals surface area contributed by atoms with Gasteiger partial charge in [-0.05, 0) is 26.3 Å². The van der Waals surface area contributed by atoms with Crippen LogP contribution in [-0.2, 0) is 16.1 Å². The van der Waals surface area contributed by atoms with Gasteiger partial charge in [-0.3, -0.25) is 0 Å². The van der Waals surface area contributed by atoms with E-state index in [0.717, 1.165) is 5.56 Å². The molecule has 1 aromatic rings. The molecule has 0 fully saturated rings. The minimum Gasteiger partial charge on any atom is -0.445 e. The maximum absolute atomic E-state index is 11.6. The summed E-state index contributed by atoms with van der Waals surface area (Å²) in [5.74, 6) is 0. The van der Waals surface area contributed by atoms with Crippen LogP contribution in [0, 0.1) is 0 Å². The number of rotatable bonds is 10. The van der Waals surface area contributed by atoms with Crippen LogP contribution < -0.4 is 16.0 Å². The van der Waals surface area contributed by atoms with E-state index in [2.05, 4.69) is 16.0 Å². The number of carbonyl (C=O) groups is 2. The first-order valence-electron chi connectivity index (χ1n) is 9.14. The lowest BCUT2D eigenvalue weighted by Crippen LogP contribution is -2.43. The summed E-state index contributed by atoms with van der Waals surface area (Å²) in [6.45, 7) is 5.73. The van der Waals surface area contributed by atoms with Gasteiger partial charge in [-0.25, -0.2) is 9.59 Å². The Morgan fingerprint density at radius 2 is 1.46 bits per heavy atom. The predicted octanol–water partition coefficient (Wildman–Crippen LogP) is 0.749. The zero-order chi connectivity index (χ0) is 21.0. The summed E-state index contributed by atoms with van der Waals surface area (Å²) in [5.41, 5.74) is 0.265. The Kier molecular flexibility index (Phi) is 10.3. The normalized spacial score (nSPS) is 13.3. The molecule has 0 saturated carbocycles. The molecule has 0 saturated heterocycles. The van der Waals surface area contributed by atoms with Crippen molar-refractivity contribution in [1.82, 2.24) is 16.0 Å². The van der Waals surface area contributed by atoms with E-state index in [1.54, 1.807) is 20.8 Å². The molecule has 0 bridgehead atoms. The van der Waals surface area contributed by atoms with E-state index in [-0.39, 0.29) is 32.8 Å². The van der Waals surface area contributed by atoms with Crippen molar-refractivity contribution in [2.75, 3.05) is 26.2 Å². The Bertz CT molecular complexity index is 591. The van der Waals surface area contributed by atoms with E-state index in [4.69, 9.17) is 9.47 Å². The average molecular weight is 397 g/mol. The number of hydrogen-bond acceptors (Lipinski definition) is 7. The third kappa shape index (κ3) is 12.1. The monoisotopic (exact) mass is 397 g/mol. The number of hydrogen-bond donors (Lipinski definition) is 5. The SMILES string of the molecule is CC(C)(C)OC(=O)NCC(O)CNCC(O)CNC(=O)OCc1ccccc1. The van der Waals surface area contributed by atoms with Crippen molar-refractivity contribution in [2.24, 2.45) is 0 Å². The van der Waals surface area contributed by atoms with Crippen LogP contribution in [0.15, 0.2) is 30.3 Å². The van der Waals surface area contributed by atoms with E-state index in [1.807, 2.05) is 30.3 Å². The zero-order valence-electron chi connectivity index (χ0n) is 16.6. The van der Waals surface area contributed by atoms with Crippen molar-refractivity contribution >= 4 is 12.2 Å². The summed E-state index contributed by atoms with van der Waals surface area (Å²) in [7, 11) is 0.